The van der Waals surface area contributed by atoms with Gasteiger partial charge in [-0.2, -0.15) is 0 Å². The van der Waals surface area contributed by atoms with Crippen molar-refractivity contribution in [3.63, 3.8) is 0 Å². The number of nitrogens with zero attached hydrogens (tertiary/aromatic N) is 2. The zero-order chi connectivity index (χ0) is 16.5. The van der Waals surface area contributed by atoms with Crippen LogP contribution in [0, 0.1) is 5.92 Å². The highest BCUT2D eigenvalue weighted by Gasteiger charge is 2.25. The average molecular weight is 336 g/mol. The van der Waals surface area contributed by atoms with Gasteiger partial charge < -0.3 is 0 Å². The van der Waals surface area contributed by atoms with Gasteiger partial charge in [-0.15, -0.1) is 0 Å². The van der Waals surface area contributed by atoms with Crippen molar-refractivity contribution in [2.45, 2.75) is 31.2 Å². The summed E-state index contributed by atoms with van der Waals surface area (Å²) in [4.78, 5) is 17.3. The number of pyridine rings is 1. The van der Waals surface area contributed by atoms with Crippen molar-refractivity contribution in [1.82, 2.24) is 9.55 Å². The Morgan fingerprint density at radius 1 is 1.25 bits per heavy atom. The first-order chi connectivity index (χ1) is 11.7. The van der Waals surface area contributed by atoms with E-state index in [0.717, 1.165) is 29.8 Å². The smallest absolute Gasteiger partial charge is 0.241 e. The van der Waals surface area contributed by atoms with E-state index in [1.165, 1.54) is 28.4 Å². The summed E-state index contributed by atoms with van der Waals surface area (Å²) in [6.45, 7) is 2.30. The molecule has 0 N–H and O–H groups in total. The Kier molecular flexibility index (Phi) is 4.15. The fourth-order valence-corrected chi connectivity index (χ4v) is 4.31. The first-order valence-electron chi connectivity index (χ1n) is 8.42. The number of hydrogen-bond donors (Lipinski definition) is 0. The van der Waals surface area contributed by atoms with Crippen molar-refractivity contribution < 1.29 is 4.79 Å². The Morgan fingerprint density at radius 2 is 2.08 bits per heavy atom. The van der Waals surface area contributed by atoms with E-state index in [-0.39, 0.29) is 5.91 Å². The fourth-order valence-electron chi connectivity index (χ4n) is 3.60. The molecule has 4 heteroatoms. The first kappa shape index (κ1) is 15.5. The molecule has 0 saturated carbocycles. The summed E-state index contributed by atoms with van der Waals surface area (Å²) in [7, 11) is 0. The number of fused-ring (bicyclic) bond motifs is 3. The molecule has 122 valence electrons. The van der Waals surface area contributed by atoms with E-state index in [0.29, 0.717) is 11.7 Å². The van der Waals surface area contributed by atoms with Gasteiger partial charge in [0.05, 0.1) is 16.3 Å². The summed E-state index contributed by atoms with van der Waals surface area (Å²) < 4.78 is 1.96. The van der Waals surface area contributed by atoms with Gasteiger partial charge in [0.25, 0.3) is 0 Å². The van der Waals surface area contributed by atoms with Crippen LogP contribution < -0.4 is 0 Å². The van der Waals surface area contributed by atoms with Gasteiger partial charge in [0.1, 0.15) is 0 Å². The predicted molar refractivity (Wildman–Crippen MR) is 98.7 cm³/mol. The monoisotopic (exact) mass is 336 g/mol. The fraction of sp³-hybridized carbons (Fsp3) is 0.300. The van der Waals surface area contributed by atoms with Crippen LogP contribution >= 0.6 is 11.8 Å². The van der Waals surface area contributed by atoms with E-state index in [9.17, 15) is 4.79 Å². The van der Waals surface area contributed by atoms with Crippen molar-refractivity contribution in [2.75, 3.05) is 5.75 Å². The molecule has 3 nitrogen and oxygen atoms in total. The molecule has 1 atom stereocenters. The number of carbonyl (C=O) groups is 1. The molecule has 4 rings (SSSR count). The van der Waals surface area contributed by atoms with Gasteiger partial charge in [0.15, 0.2) is 0 Å². The normalized spacial score (nSPS) is 17.0. The molecule has 0 bridgehead atoms. The van der Waals surface area contributed by atoms with Crippen molar-refractivity contribution >= 4 is 28.6 Å². The van der Waals surface area contributed by atoms with Crippen LogP contribution in [0.4, 0.5) is 0 Å². The molecule has 1 aromatic carbocycles. The van der Waals surface area contributed by atoms with Gasteiger partial charge >= 0.3 is 0 Å². The van der Waals surface area contributed by atoms with E-state index in [2.05, 4.69) is 30.1 Å². The van der Waals surface area contributed by atoms with Crippen LogP contribution in [-0.4, -0.2) is 21.2 Å². The minimum atomic E-state index is 0.151. The number of aromatic nitrogens is 2. The van der Waals surface area contributed by atoms with Crippen LogP contribution in [0.1, 0.15) is 29.4 Å². The van der Waals surface area contributed by atoms with Crippen molar-refractivity contribution in [3.05, 3.63) is 59.9 Å². The predicted octanol–water partition coefficient (Wildman–Crippen LogP) is 4.59. The third kappa shape index (κ3) is 2.75. The van der Waals surface area contributed by atoms with Crippen LogP contribution in [0.3, 0.4) is 0 Å². The maximum atomic E-state index is 13.0. The van der Waals surface area contributed by atoms with E-state index >= 15 is 0 Å². The lowest BCUT2D eigenvalue weighted by Gasteiger charge is -2.20. The number of hydrogen-bond acceptors (Lipinski definition) is 3. The van der Waals surface area contributed by atoms with Crippen LogP contribution in [0.5, 0.6) is 0 Å². The lowest BCUT2D eigenvalue weighted by Crippen LogP contribution is -2.20. The second-order valence-electron chi connectivity index (χ2n) is 6.48. The van der Waals surface area contributed by atoms with E-state index < -0.39 is 0 Å². The van der Waals surface area contributed by atoms with Crippen molar-refractivity contribution in [1.29, 1.82) is 0 Å². The zero-order valence-electron chi connectivity index (χ0n) is 13.7. The standard InChI is InChI=1S/C20H20N2OS/c1-14-9-10-18-16(12-14)15-6-2-3-7-17(15)22(18)20(23)13-24-19-8-4-5-11-21-19/h2-8,11,14H,9-10,12-13H2,1H3/t14-/m1/s1. The number of benzene rings is 1. The molecule has 3 aromatic rings. The topological polar surface area (TPSA) is 34.9 Å². The van der Waals surface area contributed by atoms with Crippen molar-refractivity contribution in [2.24, 2.45) is 5.92 Å². The number of rotatable bonds is 3. The van der Waals surface area contributed by atoms with Gasteiger partial charge in [-0.1, -0.05) is 43.0 Å². The van der Waals surface area contributed by atoms with Gasteiger partial charge in [0, 0.05) is 17.3 Å². The largest absolute Gasteiger partial charge is 0.283 e. The summed E-state index contributed by atoms with van der Waals surface area (Å²) >= 11 is 1.51. The number of para-hydroxylation sites is 1. The molecular weight excluding hydrogens is 316 g/mol. The Morgan fingerprint density at radius 3 is 2.92 bits per heavy atom. The molecule has 1 aliphatic carbocycles. The third-order valence-corrected chi connectivity index (χ3v) is 5.67. The van der Waals surface area contributed by atoms with Gasteiger partial charge in [-0.05, 0) is 48.9 Å². The minimum absolute atomic E-state index is 0.151. The molecule has 0 fully saturated rings. The molecule has 2 heterocycles. The van der Waals surface area contributed by atoms with Gasteiger partial charge in [0.2, 0.25) is 5.91 Å². The molecule has 1 aliphatic rings. The summed E-state index contributed by atoms with van der Waals surface area (Å²) in [6.07, 6.45) is 4.99. The summed E-state index contributed by atoms with van der Waals surface area (Å²) in [5, 5.41) is 2.14. The maximum Gasteiger partial charge on any atom is 0.241 e. The Balaban J connectivity index is 1.69. The van der Waals surface area contributed by atoms with Crippen LogP contribution in [-0.2, 0) is 12.8 Å². The van der Waals surface area contributed by atoms with Gasteiger partial charge in [-0.3, -0.25) is 9.36 Å². The molecule has 0 aliphatic heterocycles. The maximum absolute atomic E-state index is 13.0. The lowest BCUT2D eigenvalue weighted by molar-refractivity contribution is 0.0943. The molecule has 0 amide bonds. The lowest BCUT2D eigenvalue weighted by atomic mass is 9.88. The molecule has 0 radical (unpaired) electrons. The molecule has 0 spiro atoms. The first-order valence-corrected chi connectivity index (χ1v) is 9.41. The second-order valence-corrected chi connectivity index (χ2v) is 7.47. The van der Waals surface area contributed by atoms with Crippen molar-refractivity contribution in [3.8, 4) is 0 Å². The second kappa shape index (κ2) is 6.44. The SMILES string of the molecule is C[C@@H]1CCc2c(c3ccccc3n2C(=O)CSc2ccccn2)C1. The quantitative estimate of drug-likeness (QED) is 0.656. The zero-order valence-corrected chi connectivity index (χ0v) is 14.6. The Bertz CT molecular complexity index is 885. The average Bonchev–Trinajstić information content (AvgIpc) is 2.94. The van der Waals surface area contributed by atoms with Crippen LogP contribution in [0.25, 0.3) is 10.9 Å². The Labute approximate surface area is 146 Å². The molecule has 0 unspecified atom stereocenters. The summed E-state index contributed by atoms with van der Waals surface area (Å²) in [5.41, 5.74) is 3.66. The molecule has 24 heavy (non-hydrogen) atoms. The van der Waals surface area contributed by atoms with E-state index in [1.807, 2.05) is 28.8 Å². The Hall–Kier alpha value is -2.07. The highest BCUT2D eigenvalue weighted by Crippen LogP contribution is 2.34. The van der Waals surface area contributed by atoms with Crippen LogP contribution in [0.2, 0.25) is 0 Å². The third-order valence-electron chi connectivity index (χ3n) is 4.75. The molecule has 0 saturated heterocycles. The molecular formula is C20H20N2OS. The minimum Gasteiger partial charge on any atom is -0.283 e. The highest BCUT2D eigenvalue weighted by molar-refractivity contribution is 7.99. The van der Waals surface area contributed by atoms with Crippen LogP contribution in [0.15, 0.2) is 53.7 Å². The number of carbonyl (C=O) groups excluding carboxylic acids is 1. The molecule has 2 aromatic heterocycles. The van der Waals surface area contributed by atoms with E-state index in [4.69, 9.17) is 0 Å². The number of thioether (sulfide) groups is 1. The summed E-state index contributed by atoms with van der Waals surface area (Å²) in [6, 6.07) is 14.1. The van der Waals surface area contributed by atoms with Gasteiger partial charge in [-0.25, -0.2) is 4.98 Å². The highest BCUT2D eigenvalue weighted by atomic mass is 32.2. The summed E-state index contributed by atoms with van der Waals surface area (Å²) in [5.74, 6) is 1.25. The van der Waals surface area contributed by atoms with E-state index in [1.54, 1.807) is 6.20 Å².